The van der Waals surface area contributed by atoms with Crippen molar-refractivity contribution >= 4 is 34.8 Å². The van der Waals surface area contributed by atoms with E-state index in [2.05, 4.69) is 4.57 Å². The van der Waals surface area contributed by atoms with Gasteiger partial charge in [0.2, 0.25) is 5.91 Å². The summed E-state index contributed by atoms with van der Waals surface area (Å²) in [6, 6.07) is 15.0. The zero-order valence-electron chi connectivity index (χ0n) is 16.1. The van der Waals surface area contributed by atoms with E-state index in [0.717, 1.165) is 17.8 Å². The highest BCUT2D eigenvalue weighted by Crippen LogP contribution is 2.36. The summed E-state index contributed by atoms with van der Waals surface area (Å²) < 4.78 is 2.16. The molecule has 0 N–H and O–H groups in total. The summed E-state index contributed by atoms with van der Waals surface area (Å²) in [6.45, 7) is 3.71. The summed E-state index contributed by atoms with van der Waals surface area (Å²) in [5.41, 5.74) is 1.93. The molecule has 0 aliphatic carbocycles. The van der Waals surface area contributed by atoms with Crippen LogP contribution >= 0.6 is 22.9 Å². The molecule has 1 aliphatic heterocycles. The number of hydrogen-bond donors (Lipinski definition) is 0. The van der Waals surface area contributed by atoms with Gasteiger partial charge in [0, 0.05) is 36.5 Å². The molecule has 1 unspecified atom stereocenters. The van der Waals surface area contributed by atoms with Crippen LogP contribution in [0.15, 0.2) is 60.1 Å². The number of thiophene rings is 1. The molecule has 29 heavy (non-hydrogen) atoms. The molecule has 0 bridgehead atoms. The van der Waals surface area contributed by atoms with Crippen LogP contribution in [0.25, 0.3) is 0 Å². The Morgan fingerprint density at radius 3 is 2.69 bits per heavy atom. The first-order valence-electron chi connectivity index (χ1n) is 9.62. The number of nitrogens with zero attached hydrogens (tertiary/aromatic N) is 3. The lowest BCUT2D eigenvalue weighted by Gasteiger charge is -2.38. The minimum Gasteiger partial charge on any atom is -0.348 e. The summed E-state index contributed by atoms with van der Waals surface area (Å²) in [5.74, 6) is -0.181. The average molecular weight is 428 g/mol. The summed E-state index contributed by atoms with van der Waals surface area (Å²) in [7, 11) is 0. The van der Waals surface area contributed by atoms with E-state index in [1.54, 1.807) is 11.0 Å². The van der Waals surface area contributed by atoms with Gasteiger partial charge in [-0.2, -0.15) is 0 Å². The monoisotopic (exact) mass is 427 g/mol. The lowest BCUT2D eigenvalue weighted by Crippen LogP contribution is -2.48. The van der Waals surface area contributed by atoms with Gasteiger partial charge in [-0.1, -0.05) is 35.9 Å². The second-order valence-corrected chi connectivity index (χ2v) is 8.29. The quantitative estimate of drug-likeness (QED) is 0.609. The molecule has 2 aromatic heterocycles. The van der Waals surface area contributed by atoms with Gasteiger partial charge in [-0.15, -0.1) is 11.3 Å². The molecule has 0 fully saturated rings. The number of amides is 2. The molecular formula is C22H22ClN3O2S. The maximum Gasteiger partial charge on any atom is 0.264 e. The number of benzene rings is 1. The Hall–Kier alpha value is -2.57. The minimum absolute atomic E-state index is 0.0505. The molecule has 2 amide bonds. The Balaban J connectivity index is 1.63. The first-order valence-corrected chi connectivity index (χ1v) is 10.9. The van der Waals surface area contributed by atoms with Crippen LogP contribution in [0.4, 0.5) is 0 Å². The number of fused-ring (bicyclic) bond motifs is 1. The molecule has 1 atom stereocenters. The third-order valence-corrected chi connectivity index (χ3v) is 6.49. The third kappa shape index (κ3) is 3.82. The molecule has 4 rings (SSSR count). The molecule has 3 heterocycles. The average Bonchev–Trinajstić information content (AvgIpc) is 3.43. The number of carbonyl (C=O) groups excluding carboxylic acids is 2. The predicted molar refractivity (Wildman–Crippen MR) is 115 cm³/mol. The third-order valence-electron chi connectivity index (χ3n) is 5.29. The lowest BCUT2D eigenvalue weighted by atomic mass is 9.99. The summed E-state index contributed by atoms with van der Waals surface area (Å²) in [5, 5.41) is 2.50. The van der Waals surface area contributed by atoms with Crippen LogP contribution in [0, 0.1) is 0 Å². The normalized spacial score (nSPS) is 15.8. The lowest BCUT2D eigenvalue weighted by molar-refractivity contribution is -0.134. The van der Waals surface area contributed by atoms with Crippen molar-refractivity contribution < 1.29 is 9.59 Å². The van der Waals surface area contributed by atoms with E-state index < -0.39 is 0 Å². The highest BCUT2D eigenvalue weighted by molar-refractivity contribution is 7.12. The van der Waals surface area contributed by atoms with Crippen LogP contribution < -0.4 is 0 Å². The number of carbonyl (C=O) groups is 2. The molecule has 7 heteroatoms. The Kier molecular flexibility index (Phi) is 5.74. The van der Waals surface area contributed by atoms with E-state index in [9.17, 15) is 9.59 Å². The highest BCUT2D eigenvalue weighted by atomic mass is 35.5. The fourth-order valence-electron chi connectivity index (χ4n) is 3.81. The molecule has 5 nitrogen and oxygen atoms in total. The highest BCUT2D eigenvalue weighted by Gasteiger charge is 2.34. The Bertz CT molecular complexity index is 1010. The van der Waals surface area contributed by atoms with Gasteiger partial charge < -0.3 is 14.4 Å². The van der Waals surface area contributed by atoms with Crippen molar-refractivity contribution in [1.29, 1.82) is 0 Å². The Labute approximate surface area is 179 Å². The van der Waals surface area contributed by atoms with Crippen LogP contribution in [0.3, 0.4) is 0 Å². The molecule has 3 aromatic rings. The van der Waals surface area contributed by atoms with Crippen molar-refractivity contribution in [2.24, 2.45) is 0 Å². The Morgan fingerprint density at radius 2 is 1.97 bits per heavy atom. The maximum atomic E-state index is 13.4. The van der Waals surface area contributed by atoms with Gasteiger partial charge in [0.1, 0.15) is 6.54 Å². The summed E-state index contributed by atoms with van der Waals surface area (Å²) >= 11 is 7.89. The fourth-order valence-corrected chi connectivity index (χ4v) is 4.74. The zero-order chi connectivity index (χ0) is 20.4. The van der Waals surface area contributed by atoms with Crippen LogP contribution in [-0.4, -0.2) is 45.8 Å². The molecular weight excluding hydrogens is 406 g/mol. The van der Waals surface area contributed by atoms with Gasteiger partial charge in [-0.3, -0.25) is 9.59 Å². The second-order valence-electron chi connectivity index (χ2n) is 6.93. The topological polar surface area (TPSA) is 45.6 Å². The second kappa shape index (κ2) is 8.43. The summed E-state index contributed by atoms with van der Waals surface area (Å²) in [4.78, 5) is 30.2. The van der Waals surface area contributed by atoms with Gasteiger partial charge in [-0.05, 0) is 42.1 Å². The van der Waals surface area contributed by atoms with Gasteiger partial charge in [0.25, 0.3) is 5.91 Å². The van der Waals surface area contributed by atoms with Crippen LogP contribution in [0.1, 0.15) is 33.9 Å². The van der Waals surface area contributed by atoms with Crippen molar-refractivity contribution in [3.63, 3.8) is 0 Å². The van der Waals surface area contributed by atoms with Crippen molar-refractivity contribution in [3.8, 4) is 0 Å². The van der Waals surface area contributed by atoms with E-state index >= 15 is 0 Å². The van der Waals surface area contributed by atoms with Crippen molar-refractivity contribution in [2.75, 3.05) is 19.6 Å². The van der Waals surface area contributed by atoms with E-state index in [0.29, 0.717) is 23.0 Å². The van der Waals surface area contributed by atoms with Gasteiger partial charge in [-0.25, -0.2) is 0 Å². The van der Waals surface area contributed by atoms with Crippen LogP contribution in [0.2, 0.25) is 5.02 Å². The standard InChI is InChI=1S/C22H22ClN3O2S/c1-2-24(22(28)19-10-6-14-29-19)15-20(27)26-13-12-25-11-5-9-18(25)21(26)16-7-3-4-8-17(16)23/h3-11,14,21H,2,12-13,15H2,1H3. The maximum absolute atomic E-state index is 13.4. The first kappa shape index (κ1) is 19.7. The zero-order valence-corrected chi connectivity index (χ0v) is 17.7. The van der Waals surface area contributed by atoms with Gasteiger partial charge in [0.15, 0.2) is 0 Å². The number of rotatable bonds is 5. The van der Waals surface area contributed by atoms with E-state index in [1.807, 2.05) is 65.9 Å². The molecule has 1 aliphatic rings. The van der Waals surface area contributed by atoms with E-state index in [1.165, 1.54) is 11.3 Å². The number of likely N-dealkylation sites (N-methyl/N-ethyl adjacent to an activating group) is 1. The summed E-state index contributed by atoms with van der Waals surface area (Å²) in [6.07, 6.45) is 2.03. The smallest absolute Gasteiger partial charge is 0.264 e. The largest absolute Gasteiger partial charge is 0.348 e. The minimum atomic E-state index is -0.268. The number of halogens is 1. The molecule has 150 valence electrons. The molecule has 0 radical (unpaired) electrons. The van der Waals surface area contributed by atoms with E-state index in [-0.39, 0.29) is 24.4 Å². The fraction of sp³-hybridized carbons (Fsp3) is 0.273. The SMILES string of the molecule is CCN(CC(=O)N1CCn2cccc2C1c1ccccc1Cl)C(=O)c1cccs1. The predicted octanol–water partition coefficient (Wildman–Crippen LogP) is 4.30. The van der Waals surface area contributed by atoms with Gasteiger partial charge >= 0.3 is 0 Å². The van der Waals surface area contributed by atoms with Crippen molar-refractivity contribution in [1.82, 2.24) is 14.4 Å². The first-order chi connectivity index (χ1) is 14.1. The Morgan fingerprint density at radius 1 is 1.14 bits per heavy atom. The molecule has 0 spiro atoms. The van der Waals surface area contributed by atoms with Crippen molar-refractivity contribution in [2.45, 2.75) is 19.5 Å². The van der Waals surface area contributed by atoms with Crippen molar-refractivity contribution in [3.05, 3.63) is 81.3 Å². The number of aromatic nitrogens is 1. The van der Waals surface area contributed by atoms with E-state index in [4.69, 9.17) is 11.6 Å². The molecule has 1 aromatic carbocycles. The van der Waals surface area contributed by atoms with Crippen LogP contribution in [0.5, 0.6) is 0 Å². The molecule has 0 saturated heterocycles. The molecule has 0 saturated carbocycles. The van der Waals surface area contributed by atoms with Gasteiger partial charge in [0.05, 0.1) is 10.9 Å². The van der Waals surface area contributed by atoms with Crippen LogP contribution in [-0.2, 0) is 11.3 Å². The number of hydrogen-bond acceptors (Lipinski definition) is 3.